The number of ether oxygens (including phenoxy) is 3. The number of morpholine rings is 1. The van der Waals surface area contributed by atoms with Crippen LogP contribution in [0, 0.1) is 16.7 Å². The molecule has 0 aromatic heterocycles. The van der Waals surface area contributed by atoms with Gasteiger partial charge in [-0.1, -0.05) is 58.4 Å². The lowest BCUT2D eigenvalue weighted by atomic mass is 9.70. The van der Waals surface area contributed by atoms with Gasteiger partial charge in [0.05, 0.1) is 25.7 Å². The lowest BCUT2D eigenvalue weighted by Gasteiger charge is -2.44. The number of benzene rings is 1. The van der Waals surface area contributed by atoms with E-state index in [2.05, 4.69) is 92.0 Å². The van der Waals surface area contributed by atoms with Crippen molar-refractivity contribution in [1.82, 2.24) is 4.90 Å². The van der Waals surface area contributed by atoms with Crippen molar-refractivity contribution in [1.29, 1.82) is 0 Å². The van der Waals surface area contributed by atoms with Crippen LogP contribution in [0.3, 0.4) is 0 Å². The summed E-state index contributed by atoms with van der Waals surface area (Å²) >= 11 is 0. The molecule has 1 aliphatic heterocycles. The van der Waals surface area contributed by atoms with Crippen LogP contribution in [0.2, 0.25) is 0 Å². The third kappa shape index (κ3) is 8.29. The van der Waals surface area contributed by atoms with E-state index in [1.54, 1.807) is 7.11 Å². The van der Waals surface area contributed by atoms with Gasteiger partial charge in [-0.2, -0.15) is 0 Å². The van der Waals surface area contributed by atoms with E-state index in [9.17, 15) is 4.79 Å². The summed E-state index contributed by atoms with van der Waals surface area (Å²) in [7, 11) is 1.73. The van der Waals surface area contributed by atoms with Gasteiger partial charge in [0.1, 0.15) is 11.5 Å². The summed E-state index contributed by atoms with van der Waals surface area (Å²) < 4.78 is 18.3. The van der Waals surface area contributed by atoms with Gasteiger partial charge in [-0.15, -0.1) is 0 Å². The summed E-state index contributed by atoms with van der Waals surface area (Å²) in [5.74, 6) is 1.48. The molecule has 1 aromatic rings. The molecule has 236 valence electrons. The number of hydrogen-bond acceptors (Lipinski definition) is 5. The molecule has 1 fully saturated rings. The molecule has 0 bridgehead atoms. The molecule has 1 aliphatic carbocycles. The Kier molecular flexibility index (Phi) is 10.5. The Hall–Kier alpha value is -2.11. The Morgan fingerprint density at radius 2 is 1.60 bits per heavy atom. The van der Waals surface area contributed by atoms with Gasteiger partial charge in [0.2, 0.25) is 0 Å². The van der Waals surface area contributed by atoms with E-state index in [0.717, 1.165) is 68.0 Å². The Bertz CT molecular complexity index is 1160. The maximum absolute atomic E-state index is 14.2. The third-order valence-corrected chi connectivity index (χ3v) is 9.29. The molecule has 5 heteroatoms. The Labute approximate surface area is 257 Å². The quantitative estimate of drug-likeness (QED) is 0.157. The maximum Gasteiger partial charge on any atom is 0.316 e. The highest BCUT2D eigenvalue weighted by atomic mass is 16.5. The minimum Gasteiger partial charge on any atom is -0.496 e. The van der Waals surface area contributed by atoms with Gasteiger partial charge in [-0.25, -0.2) is 0 Å². The molecule has 0 amide bonds. The van der Waals surface area contributed by atoms with Gasteiger partial charge in [0.25, 0.3) is 0 Å². The molecular formula is C37H59NO4. The molecular weight excluding hydrogens is 522 g/mol. The van der Waals surface area contributed by atoms with Crippen LogP contribution in [0.5, 0.6) is 11.5 Å². The van der Waals surface area contributed by atoms with Crippen LogP contribution in [0.15, 0.2) is 35.9 Å². The number of hydrogen-bond donors (Lipinski definition) is 0. The SMILES string of the molecule is C=C(C)C1CCC(C)=CC1c1c(OC)cc(C(C)(C)CC(C)(C)C)cc1OC(=O)C(C)(C)CC(C)(C)N1CCOCC1. The summed E-state index contributed by atoms with van der Waals surface area (Å²) in [4.78, 5) is 16.6. The van der Waals surface area contributed by atoms with Gasteiger partial charge >= 0.3 is 5.97 Å². The van der Waals surface area contributed by atoms with Crippen molar-refractivity contribution in [2.24, 2.45) is 16.7 Å². The second-order valence-electron chi connectivity index (χ2n) is 16.1. The number of carbonyl (C=O) groups excluding carboxylic acids is 1. The van der Waals surface area contributed by atoms with Gasteiger partial charge in [0, 0.05) is 30.1 Å². The van der Waals surface area contributed by atoms with Crippen LogP contribution in [-0.4, -0.2) is 49.8 Å². The number of methoxy groups -OCH3 is 1. The molecule has 0 saturated carbocycles. The van der Waals surface area contributed by atoms with Gasteiger partial charge in [0.15, 0.2) is 0 Å². The zero-order chi connectivity index (χ0) is 31.7. The zero-order valence-corrected chi connectivity index (χ0v) is 28.8. The molecule has 3 rings (SSSR count). The molecule has 2 aliphatic rings. The molecule has 2 atom stereocenters. The Morgan fingerprint density at radius 1 is 1.00 bits per heavy atom. The monoisotopic (exact) mass is 581 g/mol. The predicted molar refractivity (Wildman–Crippen MR) is 175 cm³/mol. The van der Waals surface area contributed by atoms with Crippen LogP contribution in [0.4, 0.5) is 0 Å². The fourth-order valence-electron chi connectivity index (χ4n) is 7.58. The third-order valence-electron chi connectivity index (χ3n) is 9.29. The van der Waals surface area contributed by atoms with Crippen LogP contribution in [-0.2, 0) is 14.9 Å². The van der Waals surface area contributed by atoms with E-state index in [4.69, 9.17) is 14.2 Å². The van der Waals surface area contributed by atoms with E-state index >= 15 is 0 Å². The molecule has 0 radical (unpaired) electrons. The topological polar surface area (TPSA) is 48.0 Å². The largest absolute Gasteiger partial charge is 0.496 e. The number of esters is 1. The Morgan fingerprint density at radius 3 is 2.14 bits per heavy atom. The predicted octanol–water partition coefficient (Wildman–Crippen LogP) is 8.86. The number of carbonyl (C=O) groups is 1. The number of allylic oxidation sites excluding steroid dienone is 3. The van der Waals surface area contributed by atoms with Crippen molar-refractivity contribution < 1.29 is 19.0 Å². The van der Waals surface area contributed by atoms with Crippen LogP contribution in [0.1, 0.15) is 119 Å². The number of nitrogens with zero attached hydrogens (tertiary/aromatic N) is 1. The molecule has 0 N–H and O–H groups in total. The first kappa shape index (κ1) is 34.4. The van der Waals surface area contributed by atoms with Gasteiger partial charge < -0.3 is 14.2 Å². The summed E-state index contributed by atoms with van der Waals surface area (Å²) in [6, 6.07) is 4.30. The summed E-state index contributed by atoms with van der Waals surface area (Å²) in [6.45, 7) is 31.7. The normalized spacial score (nSPS) is 21.1. The van der Waals surface area contributed by atoms with E-state index in [1.165, 1.54) is 5.57 Å². The molecule has 0 spiro atoms. The fraction of sp³-hybridized carbons (Fsp3) is 0.703. The number of rotatable bonds is 10. The Balaban J connectivity index is 2.11. The zero-order valence-electron chi connectivity index (χ0n) is 28.8. The lowest BCUT2D eigenvalue weighted by Crippen LogP contribution is -2.52. The summed E-state index contributed by atoms with van der Waals surface area (Å²) in [5.41, 5.74) is 3.69. The highest BCUT2D eigenvalue weighted by Gasteiger charge is 2.41. The second-order valence-corrected chi connectivity index (χ2v) is 16.1. The molecule has 1 aromatic carbocycles. The van der Waals surface area contributed by atoms with E-state index in [0.29, 0.717) is 12.2 Å². The minimum atomic E-state index is -0.699. The van der Waals surface area contributed by atoms with Crippen molar-refractivity contribution in [3.05, 3.63) is 47.1 Å². The van der Waals surface area contributed by atoms with Crippen LogP contribution < -0.4 is 9.47 Å². The van der Waals surface area contributed by atoms with Crippen molar-refractivity contribution in [2.75, 3.05) is 33.4 Å². The fourth-order valence-corrected chi connectivity index (χ4v) is 7.58. The van der Waals surface area contributed by atoms with Crippen LogP contribution in [0.25, 0.3) is 0 Å². The molecule has 1 heterocycles. The average molecular weight is 582 g/mol. The average Bonchev–Trinajstić information content (AvgIpc) is 2.86. The van der Waals surface area contributed by atoms with Crippen molar-refractivity contribution >= 4 is 5.97 Å². The molecule has 5 nitrogen and oxygen atoms in total. The first-order valence-corrected chi connectivity index (χ1v) is 15.9. The van der Waals surface area contributed by atoms with Crippen molar-refractivity contribution in [3.8, 4) is 11.5 Å². The highest BCUT2D eigenvalue weighted by molar-refractivity contribution is 5.79. The summed E-state index contributed by atoms with van der Waals surface area (Å²) in [5, 5.41) is 0. The molecule has 1 saturated heterocycles. The minimum absolute atomic E-state index is 0.0293. The maximum atomic E-state index is 14.2. The summed E-state index contributed by atoms with van der Waals surface area (Å²) in [6.07, 6.45) is 6.06. The standard InChI is InChI=1S/C37H59NO4/c1-25(2)28-15-14-26(3)20-29(28)32-30(40-13)21-27(35(7,8)23-34(4,5)6)22-31(32)42-33(39)36(9,10)24-37(11,12)38-16-18-41-19-17-38/h20-22,28-29H,1,14-19,23-24H2,2-13H3. The lowest BCUT2D eigenvalue weighted by molar-refractivity contribution is -0.146. The second kappa shape index (κ2) is 12.9. The molecule has 42 heavy (non-hydrogen) atoms. The molecule has 2 unspecified atom stereocenters. The van der Waals surface area contributed by atoms with Gasteiger partial charge in [-0.05, 0) is 102 Å². The van der Waals surface area contributed by atoms with Crippen molar-refractivity contribution in [2.45, 2.75) is 119 Å². The van der Waals surface area contributed by atoms with Crippen LogP contribution >= 0.6 is 0 Å². The smallest absolute Gasteiger partial charge is 0.316 e. The highest BCUT2D eigenvalue weighted by Crippen LogP contribution is 2.50. The van der Waals surface area contributed by atoms with E-state index in [1.807, 2.05) is 13.8 Å². The van der Waals surface area contributed by atoms with E-state index in [-0.39, 0.29) is 34.2 Å². The van der Waals surface area contributed by atoms with Gasteiger partial charge in [-0.3, -0.25) is 9.69 Å². The first-order valence-electron chi connectivity index (χ1n) is 15.9. The first-order chi connectivity index (χ1) is 19.3. The van der Waals surface area contributed by atoms with E-state index < -0.39 is 5.41 Å². The van der Waals surface area contributed by atoms with Crippen molar-refractivity contribution in [3.63, 3.8) is 0 Å².